The van der Waals surface area contributed by atoms with Gasteiger partial charge in [0.15, 0.2) is 17.5 Å². The molecule has 0 saturated heterocycles. The van der Waals surface area contributed by atoms with Crippen molar-refractivity contribution in [2.24, 2.45) is 0 Å². The van der Waals surface area contributed by atoms with Crippen LogP contribution >= 0.6 is 11.3 Å². The van der Waals surface area contributed by atoms with Crippen LogP contribution in [0.1, 0.15) is 15.2 Å². The Balaban J connectivity index is 2.50. The van der Waals surface area contributed by atoms with Crippen molar-refractivity contribution in [1.82, 2.24) is 4.98 Å². The zero-order valence-electron chi connectivity index (χ0n) is 7.71. The minimum absolute atomic E-state index is 0.171. The molecule has 0 fully saturated rings. The molecule has 0 aliphatic heterocycles. The number of rotatable bonds is 2. The van der Waals surface area contributed by atoms with Crippen LogP contribution in [0.3, 0.4) is 0 Å². The zero-order chi connectivity index (χ0) is 11.7. The van der Waals surface area contributed by atoms with E-state index in [1.165, 1.54) is 11.7 Å². The zero-order valence-corrected chi connectivity index (χ0v) is 8.52. The summed E-state index contributed by atoms with van der Waals surface area (Å²) in [5.74, 6) is -5.15. The second-order valence-electron chi connectivity index (χ2n) is 2.92. The average Bonchev–Trinajstić information content (AvgIpc) is 2.79. The first-order valence-corrected chi connectivity index (χ1v) is 5.06. The van der Waals surface area contributed by atoms with E-state index in [4.69, 9.17) is 0 Å². The van der Waals surface area contributed by atoms with E-state index < -0.39 is 28.8 Å². The summed E-state index contributed by atoms with van der Waals surface area (Å²) in [6.07, 6.45) is 1.24. The van der Waals surface area contributed by atoms with Crippen molar-refractivity contribution in [3.63, 3.8) is 0 Å². The summed E-state index contributed by atoms with van der Waals surface area (Å²) < 4.78 is 38.8. The van der Waals surface area contributed by atoms with Crippen molar-refractivity contribution < 1.29 is 18.0 Å². The van der Waals surface area contributed by atoms with Gasteiger partial charge >= 0.3 is 0 Å². The van der Waals surface area contributed by atoms with Crippen LogP contribution in [-0.2, 0) is 0 Å². The number of hydrogen-bond acceptors (Lipinski definition) is 3. The first kappa shape index (κ1) is 10.8. The Morgan fingerprint density at radius 3 is 2.56 bits per heavy atom. The third-order valence-corrected chi connectivity index (χ3v) is 2.71. The highest BCUT2D eigenvalue weighted by atomic mass is 32.1. The van der Waals surface area contributed by atoms with Gasteiger partial charge in [0.2, 0.25) is 5.78 Å². The second kappa shape index (κ2) is 4.05. The number of carbonyl (C=O) groups is 1. The molecule has 0 radical (unpaired) electrons. The Kier molecular flexibility index (Phi) is 2.74. The van der Waals surface area contributed by atoms with Crippen LogP contribution in [0.2, 0.25) is 0 Å². The van der Waals surface area contributed by atoms with Crippen molar-refractivity contribution in [3.8, 4) is 0 Å². The van der Waals surface area contributed by atoms with E-state index in [0.717, 1.165) is 17.4 Å². The van der Waals surface area contributed by atoms with E-state index in [1.54, 1.807) is 0 Å². The Morgan fingerprint density at radius 2 is 1.94 bits per heavy atom. The summed E-state index contributed by atoms with van der Waals surface area (Å²) in [4.78, 5) is 15.5. The Hall–Kier alpha value is -1.69. The minimum atomic E-state index is -1.64. The predicted octanol–water partition coefficient (Wildman–Crippen LogP) is 2.79. The molecule has 0 saturated carbocycles. The molecule has 82 valence electrons. The van der Waals surface area contributed by atoms with Crippen LogP contribution in [0.15, 0.2) is 23.8 Å². The fourth-order valence-corrected chi connectivity index (χ4v) is 1.74. The van der Waals surface area contributed by atoms with Crippen LogP contribution in [0, 0.1) is 17.5 Å². The summed E-state index contributed by atoms with van der Waals surface area (Å²) in [5.41, 5.74) is 0.897. The predicted molar refractivity (Wildman–Crippen MR) is 51.9 cm³/mol. The topological polar surface area (TPSA) is 30.0 Å². The smallest absolute Gasteiger partial charge is 0.207 e. The van der Waals surface area contributed by atoms with Crippen LogP contribution in [0.25, 0.3) is 0 Å². The quantitative estimate of drug-likeness (QED) is 0.599. The lowest BCUT2D eigenvalue weighted by Gasteiger charge is -2.01. The van der Waals surface area contributed by atoms with Crippen molar-refractivity contribution >= 4 is 17.1 Å². The Bertz CT molecular complexity index is 539. The van der Waals surface area contributed by atoms with Gasteiger partial charge in [-0.15, -0.1) is 11.3 Å². The van der Waals surface area contributed by atoms with Gasteiger partial charge in [-0.1, -0.05) is 0 Å². The summed E-state index contributed by atoms with van der Waals surface area (Å²) >= 11 is 1.00. The molecule has 1 heterocycles. The number of carbonyl (C=O) groups excluding carboxylic acids is 1. The van der Waals surface area contributed by atoms with Gasteiger partial charge in [0.05, 0.1) is 16.0 Å². The van der Waals surface area contributed by atoms with E-state index in [2.05, 4.69) is 4.98 Å². The monoisotopic (exact) mass is 243 g/mol. The number of hydrogen-bond donors (Lipinski definition) is 0. The SMILES string of the molecule is O=C(c1cncs1)c1ccc(F)c(F)c1F. The van der Waals surface area contributed by atoms with Gasteiger partial charge in [-0.2, -0.15) is 0 Å². The highest BCUT2D eigenvalue weighted by Crippen LogP contribution is 2.19. The molecule has 1 aromatic carbocycles. The van der Waals surface area contributed by atoms with Crippen molar-refractivity contribution in [1.29, 1.82) is 0 Å². The Morgan fingerprint density at radius 1 is 1.19 bits per heavy atom. The molecule has 2 nitrogen and oxygen atoms in total. The molecule has 0 aliphatic carbocycles. The third kappa shape index (κ3) is 1.71. The molecule has 0 unspecified atom stereocenters. The molecular formula is C10H4F3NOS. The lowest BCUT2D eigenvalue weighted by Crippen LogP contribution is -2.05. The standard InChI is InChI=1S/C10H4F3NOS/c11-6-2-1-5(8(12)9(6)13)10(15)7-3-14-4-16-7/h1-4H. The maximum absolute atomic E-state index is 13.3. The molecule has 6 heteroatoms. The fourth-order valence-electron chi connectivity index (χ4n) is 1.16. The number of benzene rings is 1. The maximum atomic E-state index is 13.3. The number of halogens is 3. The molecule has 2 rings (SSSR count). The molecule has 0 bridgehead atoms. The van der Waals surface area contributed by atoms with Gasteiger partial charge in [-0.25, -0.2) is 13.2 Å². The molecule has 2 aromatic rings. The molecular weight excluding hydrogens is 239 g/mol. The molecule has 0 atom stereocenters. The summed E-state index contributed by atoms with van der Waals surface area (Å²) in [6, 6.07) is 1.63. The second-order valence-corrected chi connectivity index (χ2v) is 3.80. The number of thiazole rings is 1. The number of ketones is 1. The van der Waals surface area contributed by atoms with Crippen LogP contribution in [0.5, 0.6) is 0 Å². The van der Waals surface area contributed by atoms with Gasteiger partial charge in [0.25, 0.3) is 0 Å². The van der Waals surface area contributed by atoms with Gasteiger partial charge in [0.1, 0.15) is 0 Å². The normalized spacial score (nSPS) is 10.4. The molecule has 0 amide bonds. The van der Waals surface area contributed by atoms with Crippen LogP contribution < -0.4 is 0 Å². The van der Waals surface area contributed by atoms with E-state index in [-0.39, 0.29) is 4.88 Å². The van der Waals surface area contributed by atoms with Gasteiger partial charge in [-0.05, 0) is 12.1 Å². The average molecular weight is 243 g/mol. The summed E-state index contributed by atoms with van der Waals surface area (Å²) in [7, 11) is 0. The highest BCUT2D eigenvalue weighted by molar-refractivity contribution is 7.11. The first-order valence-electron chi connectivity index (χ1n) is 4.18. The van der Waals surface area contributed by atoms with Gasteiger partial charge in [-0.3, -0.25) is 9.78 Å². The number of aromatic nitrogens is 1. The van der Waals surface area contributed by atoms with E-state index in [9.17, 15) is 18.0 Å². The number of nitrogens with zero attached hydrogens (tertiary/aromatic N) is 1. The van der Waals surface area contributed by atoms with E-state index in [0.29, 0.717) is 6.07 Å². The third-order valence-electron chi connectivity index (χ3n) is 1.94. The van der Waals surface area contributed by atoms with Crippen LogP contribution in [0.4, 0.5) is 13.2 Å². The maximum Gasteiger partial charge on any atom is 0.207 e. The molecule has 0 N–H and O–H groups in total. The lowest BCUT2D eigenvalue weighted by molar-refractivity contribution is 0.103. The largest absolute Gasteiger partial charge is 0.288 e. The Labute approximate surface area is 92.4 Å². The van der Waals surface area contributed by atoms with Gasteiger partial charge in [0, 0.05) is 6.20 Å². The minimum Gasteiger partial charge on any atom is -0.288 e. The van der Waals surface area contributed by atoms with Crippen molar-refractivity contribution in [2.75, 3.05) is 0 Å². The highest BCUT2D eigenvalue weighted by Gasteiger charge is 2.20. The molecule has 0 spiro atoms. The molecule has 0 aliphatic rings. The van der Waals surface area contributed by atoms with E-state index in [1.807, 2.05) is 0 Å². The van der Waals surface area contributed by atoms with Gasteiger partial charge < -0.3 is 0 Å². The van der Waals surface area contributed by atoms with Crippen LogP contribution in [-0.4, -0.2) is 10.8 Å². The van der Waals surface area contributed by atoms with Crippen molar-refractivity contribution in [2.45, 2.75) is 0 Å². The van der Waals surface area contributed by atoms with Crippen molar-refractivity contribution in [3.05, 3.63) is 51.7 Å². The fraction of sp³-hybridized carbons (Fsp3) is 0. The first-order chi connectivity index (χ1) is 7.61. The summed E-state index contributed by atoms with van der Waals surface area (Å²) in [6.45, 7) is 0. The summed E-state index contributed by atoms with van der Waals surface area (Å²) in [5, 5.41) is 0. The lowest BCUT2D eigenvalue weighted by atomic mass is 10.1. The van der Waals surface area contributed by atoms with E-state index >= 15 is 0 Å². The molecule has 1 aromatic heterocycles. The molecule has 16 heavy (non-hydrogen) atoms.